The lowest BCUT2D eigenvalue weighted by molar-refractivity contribution is 0.622. The highest BCUT2D eigenvalue weighted by atomic mass is 35.5. The lowest BCUT2D eigenvalue weighted by atomic mass is 10.0. The number of benzene rings is 2. The zero-order chi connectivity index (χ0) is 12.3. The van der Waals surface area contributed by atoms with Crippen molar-refractivity contribution in [2.24, 2.45) is 0 Å². The van der Waals surface area contributed by atoms with E-state index in [0.717, 1.165) is 5.56 Å². The first-order chi connectivity index (χ1) is 8.20. The highest BCUT2D eigenvalue weighted by molar-refractivity contribution is 6.30. The van der Waals surface area contributed by atoms with E-state index in [9.17, 15) is 4.39 Å². The van der Waals surface area contributed by atoms with E-state index in [1.54, 1.807) is 24.3 Å². The SMILES string of the molecule is N#Cc1c(F)cccc1Cc1ccc(Cl)cc1. The number of halogens is 2. The summed E-state index contributed by atoms with van der Waals surface area (Å²) < 4.78 is 13.4. The summed E-state index contributed by atoms with van der Waals surface area (Å²) in [6, 6.07) is 13.9. The number of hydrogen-bond donors (Lipinski definition) is 0. The van der Waals surface area contributed by atoms with E-state index in [2.05, 4.69) is 0 Å². The van der Waals surface area contributed by atoms with Gasteiger partial charge in [-0.2, -0.15) is 5.26 Å². The molecular formula is C14H9ClFN. The van der Waals surface area contributed by atoms with Crippen LogP contribution >= 0.6 is 11.6 Å². The van der Waals surface area contributed by atoms with E-state index in [-0.39, 0.29) is 5.56 Å². The first-order valence-corrected chi connectivity index (χ1v) is 5.50. The summed E-state index contributed by atoms with van der Waals surface area (Å²) in [7, 11) is 0. The summed E-state index contributed by atoms with van der Waals surface area (Å²) in [5.41, 5.74) is 1.80. The predicted octanol–water partition coefficient (Wildman–Crippen LogP) is 3.94. The minimum atomic E-state index is -0.473. The Kier molecular flexibility index (Phi) is 3.41. The Morgan fingerprint density at radius 3 is 2.47 bits per heavy atom. The summed E-state index contributed by atoms with van der Waals surface area (Å²) in [6.07, 6.45) is 0.526. The van der Waals surface area contributed by atoms with Crippen LogP contribution in [-0.2, 0) is 6.42 Å². The molecule has 0 heterocycles. The second-order valence-corrected chi connectivity index (χ2v) is 4.13. The Balaban J connectivity index is 2.34. The second kappa shape index (κ2) is 4.99. The third-order valence-corrected chi connectivity index (χ3v) is 2.77. The Morgan fingerprint density at radius 2 is 1.82 bits per heavy atom. The van der Waals surface area contributed by atoms with Gasteiger partial charge in [-0.25, -0.2) is 4.39 Å². The fraction of sp³-hybridized carbons (Fsp3) is 0.0714. The molecule has 0 aliphatic carbocycles. The van der Waals surface area contributed by atoms with Gasteiger partial charge in [0.25, 0.3) is 0 Å². The molecule has 0 saturated heterocycles. The molecule has 0 fully saturated rings. The molecule has 17 heavy (non-hydrogen) atoms. The van der Waals surface area contributed by atoms with Gasteiger partial charge in [0.15, 0.2) is 0 Å². The number of rotatable bonds is 2. The van der Waals surface area contributed by atoms with Gasteiger partial charge in [0.2, 0.25) is 0 Å². The van der Waals surface area contributed by atoms with Gasteiger partial charge in [-0.15, -0.1) is 0 Å². The van der Waals surface area contributed by atoms with Gasteiger partial charge in [0.05, 0.1) is 5.56 Å². The van der Waals surface area contributed by atoms with Crippen molar-refractivity contribution >= 4 is 11.6 Å². The molecule has 0 N–H and O–H groups in total. The van der Waals surface area contributed by atoms with Gasteiger partial charge in [-0.05, 0) is 35.7 Å². The van der Waals surface area contributed by atoms with Gasteiger partial charge in [0, 0.05) is 5.02 Å². The van der Waals surface area contributed by atoms with E-state index in [1.165, 1.54) is 6.07 Å². The molecule has 0 aliphatic heterocycles. The molecule has 2 rings (SSSR count). The van der Waals surface area contributed by atoms with Crippen LogP contribution < -0.4 is 0 Å². The summed E-state index contributed by atoms with van der Waals surface area (Å²) in [6.45, 7) is 0. The van der Waals surface area contributed by atoms with Crippen LogP contribution in [-0.4, -0.2) is 0 Å². The molecule has 2 aromatic carbocycles. The van der Waals surface area contributed by atoms with Crippen molar-refractivity contribution in [1.29, 1.82) is 5.26 Å². The molecule has 0 aliphatic rings. The van der Waals surface area contributed by atoms with Crippen LogP contribution in [0.3, 0.4) is 0 Å². The average Bonchev–Trinajstić information content (AvgIpc) is 2.32. The fourth-order valence-electron chi connectivity index (χ4n) is 1.66. The zero-order valence-corrected chi connectivity index (χ0v) is 9.71. The third kappa shape index (κ3) is 2.64. The van der Waals surface area contributed by atoms with E-state index >= 15 is 0 Å². The first-order valence-electron chi connectivity index (χ1n) is 5.12. The molecular weight excluding hydrogens is 237 g/mol. The van der Waals surface area contributed by atoms with Crippen molar-refractivity contribution in [2.75, 3.05) is 0 Å². The van der Waals surface area contributed by atoms with Crippen LogP contribution in [0, 0.1) is 17.1 Å². The summed E-state index contributed by atoms with van der Waals surface area (Å²) >= 11 is 5.79. The number of nitrogens with zero attached hydrogens (tertiary/aromatic N) is 1. The monoisotopic (exact) mass is 245 g/mol. The molecule has 0 amide bonds. The summed E-state index contributed by atoms with van der Waals surface area (Å²) in [5.74, 6) is -0.473. The molecule has 0 aromatic heterocycles. The molecule has 1 nitrogen and oxygen atoms in total. The fourth-order valence-corrected chi connectivity index (χ4v) is 1.79. The quantitative estimate of drug-likeness (QED) is 0.786. The van der Waals surface area contributed by atoms with Crippen molar-refractivity contribution in [3.8, 4) is 6.07 Å². The molecule has 0 bridgehead atoms. The minimum absolute atomic E-state index is 0.113. The normalized spacial score (nSPS) is 9.94. The Morgan fingerprint density at radius 1 is 1.12 bits per heavy atom. The molecule has 2 aromatic rings. The first kappa shape index (κ1) is 11.6. The van der Waals surface area contributed by atoms with Gasteiger partial charge < -0.3 is 0 Å². The van der Waals surface area contributed by atoms with Gasteiger partial charge in [-0.3, -0.25) is 0 Å². The van der Waals surface area contributed by atoms with E-state index < -0.39 is 5.82 Å². The van der Waals surface area contributed by atoms with Crippen LogP contribution in [0.2, 0.25) is 5.02 Å². The number of nitriles is 1. The van der Waals surface area contributed by atoms with Crippen molar-refractivity contribution in [3.63, 3.8) is 0 Å². The molecule has 0 atom stereocenters. The lowest BCUT2D eigenvalue weighted by Crippen LogP contribution is -1.95. The minimum Gasteiger partial charge on any atom is -0.206 e. The Labute approximate surface area is 104 Å². The van der Waals surface area contributed by atoms with Crippen LogP contribution in [0.5, 0.6) is 0 Å². The standard InChI is InChI=1S/C14H9ClFN/c15-12-6-4-10(5-7-12)8-11-2-1-3-14(16)13(11)9-17/h1-7H,8H2. The van der Waals surface area contributed by atoms with Crippen LogP contribution in [0.1, 0.15) is 16.7 Å². The van der Waals surface area contributed by atoms with Crippen LogP contribution in [0.15, 0.2) is 42.5 Å². The van der Waals surface area contributed by atoms with E-state index in [1.807, 2.05) is 18.2 Å². The second-order valence-electron chi connectivity index (χ2n) is 3.69. The molecule has 84 valence electrons. The highest BCUT2D eigenvalue weighted by Crippen LogP contribution is 2.18. The average molecular weight is 246 g/mol. The maximum absolute atomic E-state index is 13.4. The molecule has 0 radical (unpaired) electrons. The predicted molar refractivity (Wildman–Crippen MR) is 65.4 cm³/mol. The van der Waals surface area contributed by atoms with Crippen LogP contribution in [0.25, 0.3) is 0 Å². The summed E-state index contributed by atoms with van der Waals surface area (Å²) in [4.78, 5) is 0. The summed E-state index contributed by atoms with van der Waals surface area (Å²) in [5, 5.41) is 9.57. The van der Waals surface area contributed by atoms with Crippen molar-refractivity contribution in [2.45, 2.75) is 6.42 Å². The van der Waals surface area contributed by atoms with Gasteiger partial charge in [-0.1, -0.05) is 35.9 Å². The topological polar surface area (TPSA) is 23.8 Å². The maximum atomic E-state index is 13.4. The van der Waals surface area contributed by atoms with Gasteiger partial charge >= 0.3 is 0 Å². The van der Waals surface area contributed by atoms with Gasteiger partial charge in [0.1, 0.15) is 11.9 Å². The maximum Gasteiger partial charge on any atom is 0.141 e. The Bertz CT molecular complexity index is 570. The molecule has 3 heteroatoms. The lowest BCUT2D eigenvalue weighted by Gasteiger charge is -2.05. The van der Waals surface area contributed by atoms with E-state index in [0.29, 0.717) is 17.0 Å². The zero-order valence-electron chi connectivity index (χ0n) is 8.95. The highest BCUT2D eigenvalue weighted by Gasteiger charge is 2.07. The smallest absolute Gasteiger partial charge is 0.141 e. The third-order valence-electron chi connectivity index (χ3n) is 2.52. The molecule has 0 unspecified atom stereocenters. The molecule has 0 saturated carbocycles. The molecule has 0 spiro atoms. The van der Waals surface area contributed by atoms with Crippen molar-refractivity contribution in [3.05, 3.63) is 70.0 Å². The van der Waals surface area contributed by atoms with Crippen LogP contribution in [0.4, 0.5) is 4.39 Å². The number of hydrogen-bond acceptors (Lipinski definition) is 1. The largest absolute Gasteiger partial charge is 0.206 e. The van der Waals surface area contributed by atoms with Crippen molar-refractivity contribution < 1.29 is 4.39 Å². The Hall–Kier alpha value is -1.85. The van der Waals surface area contributed by atoms with Crippen molar-refractivity contribution in [1.82, 2.24) is 0 Å². The van der Waals surface area contributed by atoms with E-state index in [4.69, 9.17) is 16.9 Å².